The summed E-state index contributed by atoms with van der Waals surface area (Å²) in [5.74, 6) is -1.94. The minimum absolute atomic E-state index is 0.0154. The Morgan fingerprint density at radius 1 is 1.20 bits per heavy atom. The first-order valence-electron chi connectivity index (χ1n) is 13.3. The molecule has 2 fully saturated rings. The minimum Gasteiger partial charge on any atom is -0.465 e. The van der Waals surface area contributed by atoms with Gasteiger partial charge in [-0.3, -0.25) is 14.4 Å². The molecule has 194 valence electrons. The fraction of sp³-hybridized carbons (Fsp3) is 0.741. The molecule has 4 heterocycles. The van der Waals surface area contributed by atoms with Crippen molar-refractivity contribution in [2.75, 3.05) is 26.3 Å². The Bertz CT molecular complexity index is 876. The number of esters is 1. The number of thioether (sulfide) groups is 1. The van der Waals surface area contributed by atoms with Crippen molar-refractivity contribution in [3.05, 3.63) is 24.3 Å². The molecule has 2 amide bonds. The summed E-state index contributed by atoms with van der Waals surface area (Å²) in [6.07, 6.45) is 13.5. The number of hydrogen-bond donors (Lipinski definition) is 1. The molecule has 0 saturated carbocycles. The van der Waals surface area contributed by atoms with Crippen LogP contribution >= 0.6 is 11.8 Å². The normalized spacial score (nSPS) is 35.3. The summed E-state index contributed by atoms with van der Waals surface area (Å²) >= 11 is 1.57. The van der Waals surface area contributed by atoms with Gasteiger partial charge in [0.1, 0.15) is 6.04 Å². The molecule has 1 N–H and O–H groups in total. The monoisotopic (exact) mass is 504 g/mol. The summed E-state index contributed by atoms with van der Waals surface area (Å²) in [5.41, 5.74) is 0. The van der Waals surface area contributed by atoms with Crippen LogP contribution in [0.5, 0.6) is 0 Å². The van der Waals surface area contributed by atoms with E-state index in [9.17, 15) is 19.5 Å². The van der Waals surface area contributed by atoms with Gasteiger partial charge in [0, 0.05) is 18.3 Å². The number of allylic oxidation sites excluding steroid dienone is 1. The number of rotatable bonds is 8. The number of ether oxygens (including phenoxy) is 1. The van der Waals surface area contributed by atoms with E-state index in [-0.39, 0.29) is 35.6 Å². The molecule has 7 atom stereocenters. The van der Waals surface area contributed by atoms with E-state index in [1.54, 1.807) is 16.7 Å². The number of unbranched alkanes of at least 4 members (excludes halogenated alkanes) is 2. The second kappa shape index (κ2) is 11.1. The van der Waals surface area contributed by atoms with Gasteiger partial charge in [-0.25, -0.2) is 0 Å². The molecule has 1 unspecified atom stereocenters. The molecule has 7 nitrogen and oxygen atoms in total. The van der Waals surface area contributed by atoms with Crippen molar-refractivity contribution in [2.45, 2.75) is 81.4 Å². The maximum atomic E-state index is 14.2. The molecule has 8 heteroatoms. The van der Waals surface area contributed by atoms with Gasteiger partial charge in [-0.15, -0.1) is 11.8 Å². The molecule has 0 aromatic heterocycles. The van der Waals surface area contributed by atoms with Crippen molar-refractivity contribution >= 4 is 29.5 Å². The summed E-state index contributed by atoms with van der Waals surface area (Å²) < 4.78 is 4.76. The highest BCUT2D eigenvalue weighted by atomic mass is 32.2. The van der Waals surface area contributed by atoms with Gasteiger partial charge in [-0.05, 0) is 25.2 Å². The van der Waals surface area contributed by atoms with E-state index in [1.165, 1.54) is 0 Å². The first-order valence-corrected chi connectivity index (χ1v) is 14.2. The number of fused-ring (bicyclic) bond motifs is 2. The molecule has 35 heavy (non-hydrogen) atoms. The quantitative estimate of drug-likeness (QED) is 0.310. The van der Waals surface area contributed by atoms with Gasteiger partial charge in [0.25, 0.3) is 0 Å². The predicted molar refractivity (Wildman–Crippen MR) is 137 cm³/mol. The van der Waals surface area contributed by atoms with E-state index in [2.05, 4.69) is 13.0 Å². The number of carbonyl (C=O) groups is 3. The van der Waals surface area contributed by atoms with Crippen LogP contribution in [0.3, 0.4) is 0 Å². The molecule has 4 aliphatic rings. The van der Waals surface area contributed by atoms with Crippen LogP contribution in [0, 0.1) is 17.8 Å². The molecule has 1 spiro atoms. The van der Waals surface area contributed by atoms with E-state index < -0.39 is 28.7 Å². The van der Waals surface area contributed by atoms with Gasteiger partial charge in [0.15, 0.2) is 0 Å². The molecule has 0 bridgehead atoms. The zero-order valence-corrected chi connectivity index (χ0v) is 22.0. The van der Waals surface area contributed by atoms with Crippen LogP contribution in [0.1, 0.15) is 59.3 Å². The second-order valence-electron chi connectivity index (χ2n) is 10.4. The summed E-state index contributed by atoms with van der Waals surface area (Å²) in [4.78, 5) is 45.2. The summed E-state index contributed by atoms with van der Waals surface area (Å²) in [7, 11) is 0. The van der Waals surface area contributed by atoms with Crippen molar-refractivity contribution in [3.8, 4) is 0 Å². The lowest BCUT2D eigenvalue weighted by Gasteiger charge is -2.40. The molecule has 0 aromatic carbocycles. The lowest BCUT2D eigenvalue weighted by atomic mass is 9.78. The third kappa shape index (κ3) is 4.57. The third-order valence-corrected chi connectivity index (χ3v) is 9.99. The maximum absolute atomic E-state index is 14.2. The highest BCUT2D eigenvalue weighted by Gasteiger charge is 2.71. The topological polar surface area (TPSA) is 87.2 Å². The minimum atomic E-state index is -0.855. The van der Waals surface area contributed by atoms with E-state index >= 15 is 0 Å². The molecule has 4 aliphatic heterocycles. The highest BCUT2D eigenvalue weighted by Crippen LogP contribution is 2.61. The number of amides is 2. The largest absolute Gasteiger partial charge is 0.465 e. The zero-order chi connectivity index (χ0) is 25.2. The lowest BCUT2D eigenvalue weighted by molar-refractivity contribution is -0.154. The first-order chi connectivity index (χ1) is 16.9. The number of hydrogen-bond acceptors (Lipinski definition) is 6. The number of aliphatic hydroxyl groups excluding tert-OH is 1. The van der Waals surface area contributed by atoms with Crippen molar-refractivity contribution in [2.24, 2.45) is 17.8 Å². The number of likely N-dealkylation sites (tertiary alicyclic amines) is 1. The SMILES string of the molecule is CCCCCN1CC=C[C@]23S[C@@H]4/C=C\CCCOC(=O)[C@@H]4[C@H]2C(=O)N([C@@H](CO)[C@@H](C)CC)C3C1=O. The van der Waals surface area contributed by atoms with E-state index in [0.29, 0.717) is 19.7 Å². The van der Waals surface area contributed by atoms with Gasteiger partial charge in [-0.2, -0.15) is 0 Å². The number of nitrogens with zero attached hydrogens (tertiary/aromatic N) is 2. The third-order valence-electron chi connectivity index (χ3n) is 8.25. The Balaban J connectivity index is 1.81. The molecule has 0 aromatic rings. The van der Waals surface area contributed by atoms with E-state index in [1.807, 2.05) is 37.0 Å². The van der Waals surface area contributed by atoms with E-state index in [4.69, 9.17) is 4.74 Å². The Hall–Kier alpha value is -1.80. The highest BCUT2D eigenvalue weighted by molar-refractivity contribution is 8.02. The van der Waals surface area contributed by atoms with Crippen LogP contribution in [0.25, 0.3) is 0 Å². The zero-order valence-electron chi connectivity index (χ0n) is 21.2. The van der Waals surface area contributed by atoms with Crippen LogP contribution in [0.2, 0.25) is 0 Å². The molecule has 2 saturated heterocycles. The first kappa shape index (κ1) is 26.3. The van der Waals surface area contributed by atoms with Crippen molar-refractivity contribution in [1.29, 1.82) is 0 Å². The van der Waals surface area contributed by atoms with Crippen LogP contribution in [0.4, 0.5) is 0 Å². The standard InChI is InChI=1S/C27H40N2O5S/c1-4-6-9-14-28-15-11-13-27-22(21-20(35-27)12-8-7-10-16-34-26(21)33)24(31)29(23(27)25(28)32)19(17-30)18(3)5-2/h8,11-13,18-23,30H,4-7,9-10,14-17H2,1-3H3/b12-8-/t18-,19-,20+,21-,22-,23?,27-/m0/s1. The maximum Gasteiger partial charge on any atom is 0.311 e. The Kier molecular flexibility index (Phi) is 8.31. The fourth-order valence-electron chi connectivity index (χ4n) is 6.17. The van der Waals surface area contributed by atoms with Crippen LogP contribution < -0.4 is 0 Å². The molecule has 0 aliphatic carbocycles. The Morgan fingerprint density at radius 2 is 2.00 bits per heavy atom. The van der Waals surface area contributed by atoms with Crippen molar-refractivity contribution < 1.29 is 24.2 Å². The Labute approximate surface area is 213 Å². The number of cyclic esters (lactones) is 1. The molecule has 0 radical (unpaired) electrons. The van der Waals surface area contributed by atoms with Gasteiger partial charge in [-0.1, -0.05) is 64.3 Å². The van der Waals surface area contributed by atoms with Gasteiger partial charge < -0.3 is 19.6 Å². The summed E-state index contributed by atoms with van der Waals surface area (Å²) in [5, 5.41) is 10.2. The number of carbonyl (C=O) groups excluding carboxylic acids is 3. The summed E-state index contributed by atoms with van der Waals surface area (Å²) in [6.45, 7) is 7.44. The van der Waals surface area contributed by atoms with E-state index in [0.717, 1.165) is 38.5 Å². The van der Waals surface area contributed by atoms with Crippen LogP contribution in [-0.2, 0) is 19.1 Å². The van der Waals surface area contributed by atoms with Crippen LogP contribution in [-0.4, -0.2) is 81.1 Å². The molecule has 4 rings (SSSR count). The predicted octanol–water partition coefficient (Wildman–Crippen LogP) is 3.17. The van der Waals surface area contributed by atoms with Crippen molar-refractivity contribution in [3.63, 3.8) is 0 Å². The average molecular weight is 505 g/mol. The second-order valence-corrected chi connectivity index (χ2v) is 11.8. The van der Waals surface area contributed by atoms with Crippen molar-refractivity contribution in [1.82, 2.24) is 9.80 Å². The molecular formula is C27H40N2O5S. The number of aliphatic hydroxyl groups is 1. The van der Waals surface area contributed by atoms with Crippen LogP contribution in [0.15, 0.2) is 24.3 Å². The van der Waals surface area contributed by atoms with Gasteiger partial charge in [0.05, 0.1) is 35.8 Å². The molecular weight excluding hydrogens is 464 g/mol. The Morgan fingerprint density at radius 3 is 2.71 bits per heavy atom. The lowest BCUT2D eigenvalue weighted by Crippen LogP contribution is -2.57. The fourth-order valence-corrected chi connectivity index (χ4v) is 8.15. The van der Waals surface area contributed by atoms with Gasteiger partial charge >= 0.3 is 5.97 Å². The van der Waals surface area contributed by atoms with Gasteiger partial charge in [0.2, 0.25) is 11.8 Å². The average Bonchev–Trinajstić information content (AvgIpc) is 3.26. The summed E-state index contributed by atoms with van der Waals surface area (Å²) in [6, 6.07) is -1.22. The smallest absolute Gasteiger partial charge is 0.311 e.